The lowest BCUT2D eigenvalue weighted by Crippen LogP contribution is -2.27. The van der Waals surface area contributed by atoms with E-state index in [2.05, 4.69) is 10.3 Å². The van der Waals surface area contributed by atoms with Gasteiger partial charge in [0, 0.05) is 6.07 Å². The van der Waals surface area contributed by atoms with Gasteiger partial charge in [-0.1, -0.05) is 6.07 Å². The lowest BCUT2D eigenvalue weighted by Gasteiger charge is -2.19. The SMILES string of the molecule is COc1cccc(NC(=O)OC(C)(C)C)n1.O=C(O)C1CC1. The number of methoxy groups -OCH3 is 1. The van der Waals surface area contributed by atoms with E-state index in [9.17, 15) is 9.59 Å². The number of amides is 1. The summed E-state index contributed by atoms with van der Waals surface area (Å²) in [6.07, 6.45) is 1.26. The molecule has 0 saturated heterocycles. The number of ether oxygens (including phenoxy) is 2. The topological polar surface area (TPSA) is 97.8 Å². The van der Waals surface area contributed by atoms with Crippen molar-refractivity contribution in [1.82, 2.24) is 4.98 Å². The molecule has 7 heteroatoms. The summed E-state index contributed by atoms with van der Waals surface area (Å²) in [7, 11) is 1.51. The molecular formula is C15H22N2O5. The number of rotatable bonds is 3. The van der Waals surface area contributed by atoms with Crippen molar-refractivity contribution in [3.63, 3.8) is 0 Å². The minimum Gasteiger partial charge on any atom is -0.481 e. The summed E-state index contributed by atoms with van der Waals surface area (Å²) in [5.74, 6) is 0.224. The summed E-state index contributed by atoms with van der Waals surface area (Å²) in [4.78, 5) is 25.2. The third kappa shape index (κ3) is 7.47. The first kappa shape index (κ1) is 17.7. The van der Waals surface area contributed by atoms with Crippen LogP contribution in [0.4, 0.5) is 10.6 Å². The minimum absolute atomic E-state index is 0.0185. The summed E-state index contributed by atoms with van der Waals surface area (Å²) in [6, 6.07) is 5.09. The normalized spacial score (nSPS) is 13.5. The van der Waals surface area contributed by atoms with Crippen molar-refractivity contribution >= 4 is 17.9 Å². The maximum atomic E-state index is 11.4. The number of nitrogens with one attached hydrogen (secondary N) is 1. The number of hydrogen-bond acceptors (Lipinski definition) is 5. The van der Waals surface area contributed by atoms with Gasteiger partial charge in [-0.05, 0) is 39.7 Å². The van der Waals surface area contributed by atoms with Crippen LogP contribution in [0.2, 0.25) is 0 Å². The van der Waals surface area contributed by atoms with Gasteiger partial charge >= 0.3 is 12.1 Å². The molecule has 0 aliphatic heterocycles. The second-order valence-corrected chi connectivity index (χ2v) is 5.80. The first-order valence-corrected chi connectivity index (χ1v) is 6.95. The Bertz CT molecular complexity index is 521. The van der Waals surface area contributed by atoms with E-state index in [0.717, 1.165) is 12.8 Å². The van der Waals surface area contributed by atoms with Crippen molar-refractivity contribution in [2.75, 3.05) is 12.4 Å². The van der Waals surface area contributed by atoms with Crippen molar-refractivity contribution in [2.45, 2.75) is 39.2 Å². The third-order valence-electron chi connectivity index (χ3n) is 2.49. The molecule has 0 radical (unpaired) electrons. The van der Waals surface area contributed by atoms with Gasteiger partial charge < -0.3 is 14.6 Å². The molecule has 1 saturated carbocycles. The van der Waals surface area contributed by atoms with Crippen LogP contribution < -0.4 is 10.1 Å². The smallest absolute Gasteiger partial charge is 0.413 e. The Morgan fingerprint density at radius 3 is 2.36 bits per heavy atom. The van der Waals surface area contributed by atoms with E-state index in [0.29, 0.717) is 11.7 Å². The number of aromatic nitrogens is 1. The summed E-state index contributed by atoms with van der Waals surface area (Å²) >= 11 is 0. The molecule has 1 aliphatic rings. The van der Waals surface area contributed by atoms with Gasteiger partial charge in [-0.15, -0.1) is 0 Å². The highest BCUT2D eigenvalue weighted by Crippen LogP contribution is 2.28. The molecule has 122 valence electrons. The Hall–Kier alpha value is -2.31. The van der Waals surface area contributed by atoms with Gasteiger partial charge in [-0.2, -0.15) is 4.98 Å². The molecule has 0 bridgehead atoms. The number of carboxylic acids is 1. The molecule has 0 spiro atoms. The van der Waals surface area contributed by atoms with Crippen molar-refractivity contribution in [3.8, 4) is 5.88 Å². The van der Waals surface area contributed by atoms with Gasteiger partial charge in [-0.3, -0.25) is 10.1 Å². The number of carbonyl (C=O) groups excluding carboxylic acids is 1. The van der Waals surface area contributed by atoms with Crippen LogP contribution in [0.25, 0.3) is 0 Å². The van der Waals surface area contributed by atoms with Crippen LogP contribution in [-0.4, -0.2) is 34.9 Å². The molecule has 0 atom stereocenters. The molecule has 1 aromatic heterocycles. The summed E-state index contributed by atoms with van der Waals surface area (Å²) in [5, 5.41) is 10.6. The van der Waals surface area contributed by atoms with Crippen LogP contribution in [0.1, 0.15) is 33.6 Å². The standard InChI is InChI=1S/C11H16N2O3.C4H6O2/c1-11(2,3)16-10(14)13-8-6-5-7-9(12-8)15-4;5-4(6)3-1-2-3/h5-7H,1-4H3,(H,12,13,14);3H,1-2H2,(H,5,6). The molecule has 22 heavy (non-hydrogen) atoms. The third-order valence-corrected chi connectivity index (χ3v) is 2.49. The largest absolute Gasteiger partial charge is 0.481 e. The van der Waals surface area contributed by atoms with Gasteiger partial charge in [0.15, 0.2) is 0 Å². The number of aliphatic carboxylic acids is 1. The highest BCUT2D eigenvalue weighted by atomic mass is 16.6. The number of anilines is 1. The second-order valence-electron chi connectivity index (χ2n) is 5.80. The Balaban J connectivity index is 0.000000335. The first-order valence-electron chi connectivity index (χ1n) is 6.95. The second kappa shape index (κ2) is 7.63. The highest BCUT2D eigenvalue weighted by Gasteiger charge is 2.28. The molecule has 1 fully saturated rings. The summed E-state index contributed by atoms with van der Waals surface area (Å²) < 4.78 is 10.0. The van der Waals surface area contributed by atoms with Gasteiger partial charge in [0.25, 0.3) is 0 Å². The lowest BCUT2D eigenvalue weighted by molar-refractivity contribution is -0.138. The van der Waals surface area contributed by atoms with E-state index in [4.69, 9.17) is 14.6 Å². The predicted octanol–water partition coefficient (Wildman–Crippen LogP) is 2.92. The van der Waals surface area contributed by atoms with Gasteiger partial charge in [0.05, 0.1) is 13.0 Å². The van der Waals surface area contributed by atoms with Crippen LogP contribution in [0.3, 0.4) is 0 Å². The number of nitrogens with zero attached hydrogens (tertiary/aromatic N) is 1. The Kier molecular flexibility index (Phi) is 6.15. The molecule has 1 aliphatic carbocycles. The van der Waals surface area contributed by atoms with Crippen LogP contribution in [-0.2, 0) is 9.53 Å². The first-order chi connectivity index (χ1) is 10.2. The van der Waals surface area contributed by atoms with Crippen LogP contribution in [0, 0.1) is 5.92 Å². The van der Waals surface area contributed by atoms with E-state index in [1.807, 2.05) is 0 Å². The van der Waals surface area contributed by atoms with Crippen molar-refractivity contribution in [2.24, 2.45) is 5.92 Å². The molecular weight excluding hydrogens is 288 g/mol. The number of pyridine rings is 1. The number of carboxylic acid groups (broad SMARTS) is 1. The zero-order chi connectivity index (χ0) is 16.8. The fourth-order valence-electron chi connectivity index (χ4n) is 1.34. The van der Waals surface area contributed by atoms with Crippen LogP contribution >= 0.6 is 0 Å². The van der Waals surface area contributed by atoms with E-state index in [1.165, 1.54) is 7.11 Å². The number of hydrogen-bond donors (Lipinski definition) is 2. The summed E-state index contributed by atoms with van der Waals surface area (Å²) in [6.45, 7) is 5.39. The predicted molar refractivity (Wildman–Crippen MR) is 81.0 cm³/mol. The van der Waals surface area contributed by atoms with Crippen LogP contribution in [0.15, 0.2) is 18.2 Å². The maximum Gasteiger partial charge on any atom is 0.413 e. The molecule has 2 N–H and O–H groups in total. The lowest BCUT2D eigenvalue weighted by atomic mass is 10.2. The molecule has 1 amide bonds. The Morgan fingerprint density at radius 1 is 1.32 bits per heavy atom. The van der Waals surface area contributed by atoms with Gasteiger partial charge in [0.1, 0.15) is 11.4 Å². The number of carbonyl (C=O) groups is 2. The average molecular weight is 310 g/mol. The van der Waals surface area contributed by atoms with E-state index in [1.54, 1.807) is 39.0 Å². The zero-order valence-corrected chi connectivity index (χ0v) is 13.3. The van der Waals surface area contributed by atoms with E-state index < -0.39 is 17.7 Å². The van der Waals surface area contributed by atoms with Crippen molar-refractivity contribution in [3.05, 3.63) is 18.2 Å². The highest BCUT2D eigenvalue weighted by molar-refractivity contribution is 5.83. The summed E-state index contributed by atoms with van der Waals surface area (Å²) in [5.41, 5.74) is -0.525. The Labute approximate surface area is 129 Å². The van der Waals surface area contributed by atoms with Crippen molar-refractivity contribution < 1.29 is 24.2 Å². The molecule has 1 aromatic rings. The Morgan fingerprint density at radius 2 is 1.95 bits per heavy atom. The monoisotopic (exact) mass is 310 g/mol. The molecule has 2 rings (SSSR count). The molecule has 1 heterocycles. The molecule has 0 aromatic carbocycles. The van der Waals surface area contributed by atoms with Crippen LogP contribution in [0.5, 0.6) is 5.88 Å². The molecule has 7 nitrogen and oxygen atoms in total. The fourth-order valence-corrected chi connectivity index (χ4v) is 1.34. The average Bonchev–Trinajstić information content (AvgIpc) is 3.21. The van der Waals surface area contributed by atoms with Gasteiger partial charge in [-0.25, -0.2) is 4.79 Å². The quantitative estimate of drug-likeness (QED) is 0.890. The maximum absolute atomic E-state index is 11.4. The molecule has 0 unspecified atom stereocenters. The van der Waals surface area contributed by atoms with Gasteiger partial charge in [0.2, 0.25) is 5.88 Å². The van der Waals surface area contributed by atoms with E-state index in [-0.39, 0.29) is 5.92 Å². The zero-order valence-electron chi connectivity index (χ0n) is 13.3. The fraction of sp³-hybridized carbons (Fsp3) is 0.533. The van der Waals surface area contributed by atoms with E-state index >= 15 is 0 Å². The minimum atomic E-state index is -0.630. The van der Waals surface area contributed by atoms with Crippen molar-refractivity contribution in [1.29, 1.82) is 0 Å².